The lowest BCUT2D eigenvalue weighted by molar-refractivity contribution is -0.137. The molecule has 2 N–H and O–H groups in total. The zero-order valence-electron chi connectivity index (χ0n) is 13.4. The summed E-state index contributed by atoms with van der Waals surface area (Å²) in [5, 5.41) is 11.4. The number of benzene rings is 2. The lowest BCUT2D eigenvalue weighted by Crippen LogP contribution is -2.24. The standard InChI is InChI=1S/C19H21NO3S/c21-18(22)8-4-5-13-20-19(23)16-11-9-15(10-12-16)14-24-17-6-2-1-3-7-17/h1-3,6-7,9-12H,4-5,8,13-14H2,(H,20,23)(H,21,22). The van der Waals surface area contributed by atoms with Gasteiger partial charge in [0.15, 0.2) is 0 Å². The van der Waals surface area contributed by atoms with Crippen LogP contribution in [0.3, 0.4) is 0 Å². The number of carboxylic acids is 1. The minimum atomic E-state index is -0.801. The van der Waals surface area contributed by atoms with E-state index in [4.69, 9.17) is 5.11 Å². The smallest absolute Gasteiger partial charge is 0.303 e. The number of carbonyl (C=O) groups is 2. The molecule has 0 saturated heterocycles. The molecular formula is C19H21NO3S. The summed E-state index contributed by atoms with van der Waals surface area (Å²) in [7, 11) is 0. The van der Waals surface area contributed by atoms with Gasteiger partial charge in [-0.15, -0.1) is 11.8 Å². The summed E-state index contributed by atoms with van der Waals surface area (Å²) in [6.07, 6.45) is 1.39. The highest BCUT2D eigenvalue weighted by Gasteiger charge is 2.05. The van der Waals surface area contributed by atoms with E-state index in [9.17, 15) is 9.59 Å². The second kappa shape index (κ2) is 9.78. The summed E-state index contributed by atoms with van der Waals surface area (Å²) in [5.41, 5.74) is 1.79. The Kier molecular flexibility index (Phi) is 7.36. The highest BCUT2D eigenvalue weighted by Crippen LogP contribution is 2.22. The molecule has 0 fully saturated rings. The number of nitrogens with one attached hydrogen (secondary N) is 1. The molecule has 4 nitrogen and oxygen atoms in total. The number of aliphatic carboxylic acids is 1. The zero-order valence-corrected chi connectivity index (χ0v) is 14.2. The molecule has 2 aromatic carbocycles. The molecule has 0 heterocycles. The maximum Gasteiger partial charge on any atom is 0.303 e. The molecule has 1 amide bonds. The third-order valence-corrected chi connectivity index (χ3v) is 4.55. The molecule has 0 aliphatic heterocycles. The Bertz CT molecular complexity index is 656. The molecule has 0 spiro atoms. The molecule has 0 aliphatic carbocycles. The van der Waals surface area contributed by atoms with Crippen molar-refractivity contribution in [3.63, 3.8) is 0 Å². The predicted molar refractivity (Wildman–Crippen MR) is 96.3 cm³/mol. The summed E-state index contributed by atoms with van der Waals surface area (Å²) in [6, 6.07) is 17.8. The van der Waals surface area contributed by atoms with Gasteiger partial charge in [-0.05, 0) is 42.7 Å². The van der Waals surface area contributed by atoms with Gasteiger partial charge in [-0.25, -0.2) is 0 Å². The fraction of sp³-hybridized carbons (Fsp3) is 0.263. The summed E-state index contributed by atoms with van der Waals surface area (Å²) >= 11 is 1.76. The van der Waals surface area contributed by atoms with Crippen molar-refractivity contribution in [2.24, 2.45) is 0 Å². The molecular weight excluding hydrogens is 322 g/mol. The summed E-state index contributed by atoms with van der Waals surface area (Å²) in [5.74, 6) is -0.0564. The SMILES string of the molecule is O=C(O)CCCCNC(=O)c1ccc(CSc2ccccc2)cc1. The average molecular weight is 343 g/mol. The predicted octanol–water partition coefficient (Wildman–Crippen LogP) is 3.96. The van der Waals surface area contributed by atoms with E-state index in [0.29, 0.717) is 24.9 Å². The van der Waals surface area contributed by atoms with Gasteiger partial charge in [-0.3, -0.25) is 9.59 Å². The summed E-state index contributed by atoms with van der Waals surface area (Å²) in [4.78, 5) is 23.6. The van der Waals surface area contributed by atoms with Crippen LogP contribution in [-0.2, 0) is 10.5 Å². The largest absolute Gasteiger partial charge is 0.481 e. The minimum Gasteiger partial charge on any atom is -0.481 e. The van der Waals surface area contributed by atoms with Crippen molar-refractivity contribution >= 4 is 23.6 Å². The Labute approximate surface area is 146 Å². The fourth-order valence-electron chi connectivity index (χ4n) is 2.14. The van der Waals surface area contributed by atoms with Crippen LogP contribution in [-0.4, -0.2) is 23.5 Å². The van der Waals surface area contributed by atoms with Gasteiger partial charge >= 0.3 is 5.97 Å². The van der Waals surface area contributed by atoms with Crippen molar-refractivity contribution in [3.8, 4) is 0 Å². The molecule has 2 rings (SSSR count). The van der Waals surface area contributed by atoms with Crippen LogP contribution in [0.5, 0.6) is 0 Å². The van der Waals surface area contributed by atoms with E-state index in [2.05, 4.69) is 17.4 Å². The van der Waals surface area contributed by atoms with E-state index in [0.717, 1.165) is 5.75 Å². The molecule has 126 valence electrons. The Morgan fingerprint density at radius 3 is 2.33 bits per heavy atom. The van der Waals surface area contributed by atoms with Crippen LogP contribution in [0.4, 0.5) is 0 Å². The van der Waals surface area contributed by atoms with Gasteiger partial charge in [0.25, 0.3) is 5.91 Å². The van der Waals surface area contributed by atoms with E-state index in [1.165, 1.54) is 10.5 Å². The Morgan fingerprint density at radius 2 is 1.67 bits per heavy atom. The summed E-state index contributed by atoms with van der Waals surface area (Å²) in [6.45, 7) is 0.498. The quantitative estimate of drug-likeness (QED) is 0.534. The monoisotopic (exact) mass is 343 g/mol. The van der Waals surface area contributed by atoms with Crippen molar-refractivity contribution in [2.45, 2.75) is 29.9 Å². The van der Waals surface area contributed by atoms with Crippen LogP contribution in [0, 0.1) is 0 Å². The first kappa shape index (κ1) is 18.1. The van der Waals surface area contributed by atoms with Crippen LogP contribution >= 0.6 is 11.8 Å². The Hall–Kier alpha value is -2.27. The average Bonchev–Trinajstić information content (AvgIpc) is 2.60. The van der Waals surface area contributed by atoms with Crippen molar-refractivity contribution in [1.82, 2.24) is 5.32 Å². The van der Waals surface area contributed by atoms with E-state index < -0.39 is 5.97 Å². The lowest BCUT2D eigenvalue weighted by Gasteiger charge is -2.06. The second-order valence-electron chi connectivity index (χ2n) is 5.41. The van der Waals surface area contributed by atoms with E-state index in [1.807, 2.05) is 42.5 Å². The van der Waals surface area contributed by atoms with Crippen LogP contribution in [0.25, 0.3) is 0 Å². The molecule has 0 aliphatic rings. The minimum absolute atomic E-state index is 0.118. The van der Waals surface area contributed by atoms with Crippen LogP contribution in [0.15, 0.2) is 59.5 Å². The number of amides is 1. The lowest BCUT2D eigenvalue weighted by atomic mass is 10.1. The van der Waals surface area contributed by atoms with Gasteiger partial charge < -0.3 is 10.4 Å². The third kappa shape index (κ3) is 6.46. The highest BCUT2D eigenvalue weighted by atomic mass is 32.2. The molecule has 0 saturated carbocycles. The van der Waals surface area contributed by atoms with Crippen molar-refractivity contribution in [1.29, 1.82) is 0 Å². The second-order valence-corrected chi connectivity index (χ2v) is 6.45. The number of hydrogen-bond acceptors (Lipinski definition) is 3. The fourth-order valence-corrected chi connectivity index (χ4v) is 3.02. The van der Waals surface area contributed by atoms with E-state index in [1.54, 1.807) is 11.8 Å². The van der Waals surface area contributed by atoms with Crippen LogP contribution in [0.2, 0.25) is 0 Å². The molecule has 0 radical (unpaired) electrons. The van der Waals surface area contributed by atoms with Crippen molar-refractivity contribution < 1.29 is 14.7 Å². The number of hydrogen-bond donors (Lipinski definition) is 2. The highest BCUT2D eigenvalue weighted by molar-refractivity contribution is 7.98. The molecule has 0 aromatic heterocycles. The topological polar surface area (TPSA) is 66.4 Å². The summed E-state index contributed by atoms with van der Waals surface area (Å²) < 4.78 is 0. The molecule has 5 heteroatoms. The van der Waals surface area contributed by atoms with Gasteiger partial charge in [-0.1, -0.05) is 30.3 Å². The first-order chi connectivity index (χ1) is 11.6. The first-order valence-electron chi connectivity index (χ1n) is 7.92. The van der Waals surface area contributed by atoms with Gasteiger partial charge in [0.05, 0.1) is 0 Å². The van der Waals surface area contributed by atoms with Crippen molar-refractivity contribution in [3.05, 3.63) is 65.7 Å². The molecule has 0 unspecified atom stereocenters. The van der Waals surface area contributed by atoms with E-state index in [-0.39, 0.29) is 12.3 Å². The number of carbonyl (C=O) groups excluding carboxylic acids is 1. The van der Waals surface area contributed by atoms with Crippen LogP contribution < -0.4 is 5.32 Å². The third-order valence-electron chi connectivity index (χ3n) is 3.47. The number of rotatable bonds is 9. The Morgan fingerprint density at radius 1 is 0.958 bits per heavy atom. The van der Waals surface area contributed by atoms with Crippen LogP contribution in [0.1, 0.15) is 35.2 Å². The van der Waals surface area contributed by atoms with Crippen molar-refractivity contribution in [2.75, 3.05) is 6.54 Å². The normalized spacial score (nSPS) is 10.3. The number of thioether (sulfide) groups is 1. The maximum atomic E-state index is 12.0. The van der Waals surface area contributed by atoms with Gasteiger partial charge in [0.2, 0.25) is 0 Å². The van der Waals surface area contributed by atoms with Gasteiger partial charge in [-0.2, -0.15) is 0 Å². The molecule has 0 bridgehead atoms. The number of unbranched alkanes of at least 4 members (excludes halogenated alkanes) is 1. The number of carboxylic acid groups (broad SMARTS) is 1. The maximum absolute atomic E-state index is 12.0. The molecule has 24 heavy (non-hydrogen) atoms. The zero-order chi connectivity index (χ0) is 17.2. The molecule has 2 aromatic rings. The van der Waals surface area contributed by atoms with Gasteiger partial charge in [0, 0.05) is 29.2 Å². The first-order valence-corrected chi connectivity index (χ1v) is 8.90. The Balaban J connectivity index is 1.74. The van der Waals surface area contributed by atoms with E-state index >= 15 is 0 Å². The molecule has 0 atom stereocenters. The van der Waals surface area contributed by atoms with Gasteiger partial charge in [0.1, 0.15) is 0 Å².